The molecule has 7 heteroatoms. The average molecular weight is 493 g/mol. The van der Waals surface area contributed by atoms with Crippen LogP contribution < -0.4 is 10.6 Å². The van der Waals surface area contributed by atoms with Gasteiger partial charge in [-0.3, -0.25) is 4.99 Å². The summed E-state index contributed by atoms with van der Waals surface area (Å²) in [6.07, 6.45) is 8.22. The lowest BCUT2D eigenvalue weighted by Gasteiger charge is -2.38. The average Bonchev–Trinajstić information content (AvgIpc) is 3.28. The van der Waals surface area contributed by atoms with Gasteiger partial charge in [0.05, 0.1) is 11.9 Å². The number of furan rings is 1. The molecular weight excluding hydrogens is 461 g/mol. The van der Waals surface area contributed by atoms with Gasteiger partial charge < -0.3 is 19.8 Å². The summed E-state index contributed by atoms with van der Waals surface area (Å²) in [6.45, 7) is 4.76. The molecule has 148 valence electrons. The van der Waals surface area contributed by atoms with Gasteiger partial charge in [0.2, 0.25) is 0 Å². The molecule has 2 saturated heterocycles. The molecule has 1 aromatic rings. The SMILES string of the molecule is CCCCN=C(NCCc1ccco1)NC1CCOC2(CCSC2)C1.I. The van der Waals surface area contributed by atoms with E-state index in [1.807, 2.05) is 23.9 Å². The highest BCUT2D eigenvalue weighted by atomic mass is 127. The highest BCUT2D eigenvalue weighted by Gasteiger charge is 2.40. The molecule has 3 rings (SSSR count). The summed E-state index contributed by atoms with van der Waals surface area (Å²) >= 11 is 2.02. The van der Waals surface area contributed by atoms with Crippen molar-refractivity contribution in [1.29, 1.82) is 0 Å². The zero-order chi connectivity index (χ0) is 17.4. The van der Waals surface area contributed by atoms with Crippen LogP contribution in [0.5, 0.6) is 0 Å². The fourth-order valence-corrected chi connectivity index (χ4v) is 4.85. The van der Waals surface area contributed by atoms with Gasteiger partial charge in [0.15, 0.2) is 5.96 Å². The third-order valence-electron chi connectivity index (χ3n) is 4.93. The van der Waals surface area contributed by atoms with Crippen molar-refractivity contribution in [2.75, 3.05) is 31.2 Å². The molecule has 1 spiro atoms. The van der Waals surface area contributed by atoms with Gasteiger partial charge in [-0.15, -0.1) is 24.0 Å². The molecule has 2 fully saturated rings. The number of hydrogen-bond acceptors (Lipinski definition) is 4. The quantitative estimate of drug-likeness (QED) is 0.262. The summed E-state index contributed by atoms with van der Waals surface area (Å²) in [5.41, 5.74) is 0.100. The second-order valence-electron chi connectivity index (χ2n) is 7.01. The van der Waals surface area contributed by atoms with Crippen LogP contribution in [0.1, 0.15) is 44.8 Å². The number of thioether (sulfide) groups is 1. The molecule has 0 amide bonds. The fraction of sp³-hybridized carbons (Fsp3) is 0.737. The maximum Gasteiger partial charge on any atom is 0.191 e. The smallest absolute Gasteiger partial charge is 0.191 e. The molecule has 26 heavy (non-hydrogen) atoms. The van der Waals surface area contributed by atoms with E-state index in [4.69, 9.17) is 14.1 Å². The van der Waals surface area contributed by atoms with E-state index in [9.17, 15) is 0 Å². The van der Waals surface area contributed by atoms with Crippen molar-refractivity contribution in [2.24, 2.45) is 4.99 Å². The maximum atomic E-state index is 6.13. The highest BCUT2D eigenvalue weighted by Crippen LogP contribution is 2.38. The molecule has 1 aromatic heterocycles. The molecule has 0 aliphatic carbocycles. The number of halogens is 1. The van der Waals surface area contributed by atoms with Gasteiger partial charge in [-0.05, 0) is 43.6 Å². The molecule has 5 nitrogen and oxygen atoms in total. The number of hydrogen-bond donors (Lipinski definition) is 2. The predicted molar refractivity (Wildman–Crippen MR) is 120 cm³/mol. The highest BCUT2D eigenvalue weighted by molar-refractivity contribution is 14.0. The Morgan fingerprint density at radius 1 is 1.46 bits per heavy atom. The van der Waals surface area contributed by atoms with Crippen molar-refractivity contribution in [2.45, 2.75) is 57.1 Å². The maximum absolute atomic E-state index is 6.13. The van der Waals surface area contributed by atoms with E-state index >= 15 is 0 Å². The molecule has 0 aromatic carbocycles. The second-order valence-corrected chi connectivity index (χ2v) is 8.11. The van der Waals surface area contributed by atoms with Crippen molar-refractivity contribution in [1.82, 2.24) is 10.6 Å². The zero-order valence-electron chi connectivity index (χ0n) is 15.7. The third kappa shape index (κ3) is 6.64. The Morgan fingerprint density at radius 3 is 3.12 bits per heavy atom. The number of aliphatic imine (C=N–C) groups is 1. The number of nitrogens with zero attached hydrogens (tertiary/aromatic N) is 1. The Morgan fingerprint density at radius 2 is 2.38 bits per heavy atom. The van der Waals surface area contributed by atoms with Gasteiger partial charge in [0.1, 0.15) is 5.76 Å². The first-order valence-electron chi connectivity index (χ1n) is 9.59. The first-order chi connectivity index (χ1) is 12.3. The minimum Gasteiger partial charge on any atom is -0.469 e. The van der Waals surface area contributed by atoms with Crippen LogP contribution in [0.4, 0.5) is 0 Å². The minimum absolute atomic E-state index is 0. The summed E-state index contributed by atoms with van der Waals surface area (Å²) in [5.74, 6) is 4.31. The standard InChI is InChI=1S/C19H31N3O2S.HI/c1-2-3-9-20-18(21-10-6-17-5-4-11-23-17)22-16-7-12-24-19(14-16)8-13-25-15-19;/h4-5,11,16H,2-3,6-10,12-15H2,1H3,(H2,20,21,22);1H. The molecule has 0 saturated carbocycles. The van der Waals surface area contributed by atoms with Crippen LogP contribution in [0.15, 0.2) is 27.8 Å². The lowest BCUT2D eigenvalue weighted by atomic mass is 9.90. The fourth-order valence-electron chi connectivity index (χ4n) is 3.47. The van der Waals surface area contributed by atoms with Crippen molar-refractivity contribution in [3.8, 4) is 0 Å². The van der Waals surface area contributed by atoms with Gasteiger partial charge >= 0.3 is 0 Å². The molecule has 2 atom stereocenters. The van der Waals surface area contributed by atoms with E-state index in [0.717, 1.165) is 62.9 Å². The van der Waals surface area contributed by atoms with Crippen molar-refractivity contribution in [3.63, 3.8) is 0 Å². The molecule has 3 heterocycles. The van der Waals surface area contributed by atoms with Crippen LogP contribution in [-0.4, -0.2) is 48.8 Å². The monoisotopic (exact) mass is 493 g/mol. The van der Waals surface area contributed by atoms with Crippen molar-refractivity contribution < 1.29 is 9.15 Å². The molecule has 2 N–H and O–H groups in total. The van der Waals surface area contributed by atoms with Gasteiger partial charge in [-0.25, -0.2) is 0 Å². The Kier molecular flexibility index (Phi) is 9.63. The van der Waals surface area contributed by atoms with Crippen molar-refractivity contribution >= 4 is 41.7 Å². The summed E-state index contributed by atoms with van der Waals surface area (Å²) in [7, 11) is 0. The minimum atomic E-state index is 0. The van der Waals surface area contributed by atoms with E-state index in [0.29, 0.717) is 6.04 Å². The first-order valence-corrected chi connectivity index (χ1v) is 10.7. The number of ether oxygens (including phenoxy) is 1. The van der Waals surface area contributed by atoms with E-state index in [1.54, 1.807) is 6.26 Å². The van der Waals surface area contributed by atoms with Crippen LogP contribution in [-0.2, 0) is 11.2 Å². The topological polar surface area (TPSA) is 58.8 Å². The number of rotatable bonds is 7. The summed E-state index contributed by atoms with van der Waals surface area (Å²) in [5, 5.41) is 7.14. The van der Waals surface area contributed by atoms with E-state index in [2.05, 4.69) is 17.6 Å². The van der Waals surface area contributed by atoms with Gasteiger partial charge in [0, 0.05) is 37.9 Å². The van der Waals surface area contributed by atoms with Crippen molar-refractivity contribution in [3.05, 3.63) is 24.2 Å². The molecule has 0 bridgehead atoms. The summed E-state index contributed by atoms with van der Waals surface area (Å²) in [6, 6.07) is 4.40. The Labute approximate surface area is 178 Å². The third-order valence-corrected chi connectivity index (χ3v) is 6.15. The van der Waals surface area contributed by atoms with Crippen LogP contribution in [0.25, 0.3) is 0 Å². The van der Waals surface area contributed by atoms with E-state index < -0.39 is 0 Å². The molecular formula is C19H32IN3O2S. The normalized spacial score (nSPS) is 25.9. The van der Waals surface area contributed by atoms with Crippen LogP contribution in [0.3, 0.4) is 0 Å². The second kappa shape index (κ2) is 11.4. The largest absolute Gasteiger partial charge is 0.469 e. The predicted octanol–water partition coefficient (Wildman–Crippen LogP) is 3.83. The summed E-state index contributed by atoms with van der Waals surface area (Å²) < 4.78 is 11.5. The first kappa shape index (κ1) is 21.9. The van der Waals surface area contributed by atoms with Crippen LogP contribution >= 0.6 is 35.7 Å². The van der Waals surface area contributed by atoms with E-state index in [-0.39, 0.29) is 29.6 Å². The molecule has 2 aliphatic rings. The zero-order valence-corrected chi connectivity index (χ0v) is 18.8. The number of nitrogens with one attached hydrogen (secondary N) is 2. The van der Waals surface area contributed by atoms with Gasteiger partial charge in [0.25, 0.3) is 0 Å². The van der Waals surface area contributed by atoms with E-state index in [1.165, 1.54) is 18.6 Å². The Bertz CT molecular complexity index is 533. The number of guanidine groups is 1. The lowest BCUT2D eigenvalue weighted by molar-refractivity contribution is -0.0679. The van der Waals surface area contributed by atoms with Gasteiger partial charge in [-0.2, -0.15) is 11.8 Å². The lowest BCUT2D eigenvalue weighted by Crippen LogP contribution is -2.51. The Balaban J connectivity index is 0.00000243. The van der Waals surface area contributed by atoms with Crippen LogP contribution in [0.2, 0.25) is 0 Å². The molecule has 2 aliphatic heterocycles. The molecule has 2 unspecified atom stereocenters. The van der Waals surface area contributed by atoms with Crippen LogP contribution in [0, 0.1) is 0 Å². The molecule has 0 radical (unpaired) electrons. The van der Waals surface area contributed by atoms with Gasteiger partial charge in [-0.1, -0.05) is 13.3 Å². The summed E-state index contributed by atoms with van der Waals surface area (Å²) in [4.78, 5) is 4.76. The Hall–Kier alpha value is -0.410. The number of unbranched alkanes of at least 4 members (excludes halogenated alkanes) is 1.